The highest BCUT2D eigenvalue weighted by Crippen LogP contribution is 2.35. The van der Waals surface area contributed by atoms with E-state index in [-0.39, 0.29) is 28.2 Å². The summed E-state index contributed by atoms with van der Waals surface area (Å²) in [6.45, 7) is 1.52. The topological polar surface area (TPSA) is 92.6 Å². The van der Waals surface area contributed by atoms with E-state index in [1.807, 2.05) is 0 Å². The average molecular weight is 345 g/mol. The summed E-state index contributed by atoms with van der Waals surface area (Å²) < 4.78 is 23.0. The summed E-state index contributed by atoms with van der Waals surface area (Å²) in [5.74, 6) is 0.522. The summed E-state index contributed by atoms with van der Waals surface area (Å²) in [7, 11) is -2.85. The van der Waals surface area contributed by atoms with E-state index >= 15 is 0 Å². The lowest BCUT2D eigenvalue weighted by molar-refractivity contribution is -0.383. The van der Waals surface area contributed by atoms with Gasteiger partial charge in [-0.15, -0.1) is 11.3 Å². The van der Waals surface area contributed by atoms with E-state index in [1.165, 1.54) is 11.3 Å². The molecule has 3 heterocycles. The molecule has 1 atom stereocenters. The van der Waals surface area contributed by atoms with Crippen molar-refractivity contribution in [2.45, 2.75) is 31.3 Å². The summed E-state index contributed by atoms with van der Waals surface area (Å²) >= 11 is 1.40. The van der Waals surface area contributed by atoms with E-state index in [0.717, 1.165) is 30.9 Å². The van der Waals surface area contributed by atoms with Crippen molar-refractivity contribution in [3.05, 3.63) is 21.6 Å². The third-order valence-electron chi connectivity index (χ3n) is 4.31. The fourth-order valence-corrected chi connectivity index (χ4v) is 5.79. The Balaban J connectivity index is 1.54. The molecule has 2 aliphatic rings. The summed E-state index contributed by atoms with van der Waals surface area (Å²) in [4.78, 5) is 12.7. The maximum atomic E-state index is 11.5. The van der Waals surface area contributed by atoms with Crippen molar-refractivity contribution < 1.29 is 13.3 Å². The Kier molecular flexibility index (Phi) is 4.37. The molecule has 0 amide bonds. The second kappa shape index (κ2) is 6.13. The molecule has 0 radical (unpaired) electrons. The zero-order chi connectivity index (χ0) is 15.7. The molecule has 1 N–H and O–H groups in total. The summed E-state index contributed by atoms with van der Waals surface area (Å²) in [6, 6.07) is 1.92. The molecule has 22 heavy (non-hydrogen) atoms. The van der Waals surface area contributed by atoms with E-state index in [2.05, 4.69) is 10.2 Å². The minimum absolute atomic E-state index is 0.0672. The van der Waals surface area contributed by atoms with Crippen LogP contribution in [0.15, 0.2) is 11.4 Å². The van der Waals surface area contributed by atoms with Gasteiger partial charge in [-0.2, -0.15) is 0 Å². The number of thiophene rings is 1. The fourth-order valence-electron chi connectivity index (χ4n) is 3.18. The van der Waals surface area contributed by atoms with Crippen molar-refractivity contribution in [1.29, 1.82) is 0 Å². The number of nitrogens with zero attached hydrogens (tertiary/aromatic N) is 2. The van der Waals surface area contributed by atoms with Crippen molar-refractivity contribution in [3.63, 3.8) is 0 Å². The van der Waals surface area contributed by atoms with Crippen LogP contribution in [0.5, 0.6) is 0 Å². The van der Waals surface area contributed by atoms with Gasteiger partial charge in [-0.05, 0) is 24.6 Å². The molecule has 7 nitrogen and oxygen atoms in total. The molecule has 0 saturated carbocycles. The Morgan fingerprint density at radius 1 is 1.27 bits per heavy atom. The van der Waals surface area contributed by atoms with Crippen LogP contribution in [0.2, 0.25) is 0 Å². The quantitative estimate of drug-likeness (QED) is 0.655. The molecule has 9 heteroatoms. The van der Waals surface area contributed by atoms with Crippen molar-refractivity contribution in [1.82, 2.24) is 5.32 Å². The first kappa shape index (κ1) is 15.7. The molecule has 3 rings (SSSR count). The first-order valence-electron chi connectivity index (χ1n) is 7.38. The van der Waals surface area contributed by atoms with Gasteiger partial charge in [0.1, 0.15) is 0 Å². The lowest BCUT2D eigenvalue weighted by Gasteiger charge is -2.33. The number of sulfone groups is 1. The average Bonchev–Trinajstić information content (AvgIpc) is 3.06. The lowest BCUT2D eigenvalue weighted by Crippen LogP contribution is -2.46. The van der Waals surface area contributed by atoms with Gasteiger partial charge in [0.05, 0.1) is 16.4 Å². The van der Waals surface area contributed by atoms with Crippen LogP contribution >= 0.6 is 11.3 Å². The molecule has 122 valence electrons. The molecule has 2 fully saturated rings. The van der Waals surface area contributed by atoms with E-state index < -0.39 is 9.84 Å². The number of nitro groups is 1. The number of hydrogen-bond donors (Lipinski definition) is 1. The second-order valence-corrected chi connectivity index (χ2v) is 9.02. The van der Waals surface area contributed by atoms with E-state index in [0.29, 0.717) is 12.5 Å². The van der Waals surface area contributed by atoms with Crippen LogP contribution in [0, 0.1) is 10.1 Å². The molecule has 0 bridgehead atoms. The van der Waals surface area contributed by atoms with E-state index in [4.69, 9.17) is 0 Å². The lowest BCUT2D eigenvalue weighted by atomic mass is 10.0. The Labute approximate surface area is 133 Å². The van der Waals surface area contributed by atoms with Crippen LogP contribution in [-0.2, 0) is 9.84 Å². The molecule has 0 aliphatic carbocycles. The standard InChI is InChI=1S/C13H19N3O4S2/c17-16(18)12-3-7-21-13(12)15-5-1-10(2-6-15)14-11-4-8-22(19,20)9-11/h3,7,10-11,14H,1-2,4-6,8-9H2. The van der Waals surface area contributed by atoms with Crippen LogP contribution in [-0.4, -0.2) is 50.0 Å². The Morgan fingerprint density at radius 2 is 2.00 bits per heavy atom. The van der Waals surface area contributed by atoms with Gasteiger partial charge in [0, 0.05) is 31.2 Å². The largest absolute Gasteiger partial charge is 0.358 e. The number of rotatable bonds is 4. The zero-order valence-corrected chi connectivity index (χ0v) is 13.7. The third-order valence-corrected chi connectivity index (χ3v) is 7.04. The molecule has 1 aromatic heterocycles. The zero-order valence-electron chi connectivity index (χ0n) is 12.1. The normalized spacial score (nSPS) is 25.5. The van der Waals surface area contributed by atoms with E-state index in [9.17, 15) is 18.5 Å². The number of hydrogen-bond acceptors (Lipinski definition) is 7. The highest BCUT2D eigenvalue weighted by molar-refractivity contribution is 7.91. The van der Waals surface area contributed by atoms with Crippen molar-refractivity contribution in [2.75, 3.05) is 29.5 Å². The van der Waals surface area contributed by atoms with Crippen LogP contribution in [0.25, 0.3) is 0 Å². The summed E-state index contributed by atoms with van der Waals surface area (Å²) in [6.07, 6.45) is 2.45. The smallest absolute Gasteiger partial charge is 0.303 e. The molecule has 2 saturated heterocycles. The van der Waals surface area contributed by atoms with Crippen molar-refractivity contribution in [2.24, 2.45) is 0 Å². The molecule has 2 aliphatic heterocycles. The number of nitrogens with one attached hydrogen (secondary N) is 1. The van der Waals surface area contributed by atoms with Gasteiger partial charge >= 0.3 is 5.69 Å². The molecular weight excluding hydrogens is 326 g/mol. The molecule has 1 unspecified atom stereocenters. The van der Waals surface area contributed by atoms with Gasteiger partial charge in [0.2, 0.25) is 0 Å². The fraction of sp³-hybridized carbons (Fsp3) is 0.692. The predicted molar refractivity (Wildman–Crippen MR) is 86.4 cm³/mol. The minimum Gasteiger partial charge on any atom is -0.358 e. The van der Waals surface area contributed by atoms with E-state index in [1.54, 1.807) is 11.4 Å². The second-order valence-electron chi connectivity index (χ2n) is 5.90. The first-order valence-corrected chi connectivity index (χ1v) is 10.1. The van der Waals surface area contributed by atoms with Crippen molar-refractivity contribution >= 4 is 31.9 Å². The van der Waals surface area contributed by atoms with Gasteiger partial charge in [-0.25, -0.2) is 8.42 Å². The van der Waals surface area contributed by atoms with Crippen LogP contribution < -0.4 is 10.2 Å². The minimum atomic E-state index is -2.85. The van der Waals surface area contributed by atoms with Gasteiger partial charge < -0.3 is 10.2 Å². The van der Waals surface area contributed by atoms with Crippen LogP contribution in [0.4, 0.5) is 10.7 Å². The highest BCUT2D eigenvalue weighted by Gasteiger charge is 2.31. The maximum Gasteiger partial charge on any atom is 0.303 e. The summed E-state index contributed by atoms with van der Waals surface area (Å²) in [5, 5.41) is 16.9. The van der Waals surface area contributed by atoms with Gasteiger partial charge in [-0.1, -0.05) is 0 Å². The maximum absolute atomic E-state index is 11.5. The third kappa shape index (κ3) is 3.41. The molecular formula is C13H19N3O4S2. The SMILES string of the molecule is O=[N+]([O-])c1ccsc1N1CCC(NC2CCS(=O)(=O)C2)CC1. The molecule has 1 aromatic rings. The Bertz CT molecular complexity index is 650. The van der Waals surface area contributed by atoms with Gasteiger partial charge in [-0.3, -0.25) is 10.1 Å². The van der Waals surface area contributed by atoms with Crippen molar-refractivity contribution in [3.8, 4) is 0 Å². The Morgan fingerprint density at radius 3 is 2.59 bits per heavy atom. The van der Waals surface area contributed by atoms with Gasteiger partial charge in [0.25, 0.3) is 0 Å². The molecule has 0 aromatic carbocycles. The van der Waals surface area contributed by atoms with Gasteiger partial charge in [0.15, 0.2) is 14.8 Å². The number of anilines is 1. The van der Waals surface area contributed by atoms with Crippen LogP contribution in [0.1, 0.15) is 19.3 Å². The molecule has 0 spiro atoms. The highest BCUT2D eigenvalue weighted by atomic mass is 32.2. The predicted octanol–water partition coefficient (Wildman–Crippen LogP) is 1.40. The Hall–Kier alpha value is -1.19. The van der Waals surface area contributed by atoms with Crippen LogP contribution in [0.3, 0.4) is 0 Å². The number of piperidine rings is 1. The summed E-state index contributed by atoms with van der Waals surface area (Å²) in [5.41, 5.74) is 0.179. The first-order chi connectivity index (χ1) is 10.4. The monoisotopic (exact) mass is 345 g/mol.